The second-order valence-electron chi connectivity index (χ2n) is 4.57. The molecule has 6 nitrogen and oxygen atoms in total. The van der Waals surface area contributed by atoms with Gasteiger partial charge in [-0.1, -0.05) is 0 Å². The molecule has 7 heteroatoms. The highest BCUT2D eigenvalue weighted by molar-refractivity contribution is 7.98. The Labute approximate surface area is 118 Å². The van der Waals surface area contributed by atoms with Crippen molar-refractivity contribution in [3.05, 3.63) is 0 Å². The van der Waals surface area contributed by atoms with Gasteiger partial charge in [0.25, 0.3) is 0 Å². The first-order valence-electron chi connectivity index (χ1n) is 6.41. The third kappa shape index (κ3) is 5.38. The van der Waals surface area contributed by atoms with E-state index in [1.807, 2.05) is 11.2 Å². The van der Waals surface area contributed by atoms with Gasteiger partial charge in [0.1, 0.15) is 0 Å². The minimum Gasteiger partial charge on any atom is -0.468 e. The van der Waals surface area contributed by atoms with E-state index >= 15 is 0 Å². The SMILES string of the molecule is COC(=O)CN1CCN(C(=O)[C@H](N)CCSC)CC1. The number of carbonyl (C=O) groups excluding carboxylic acids is 2. The average Bonchev–Trinajstić information content (AvgIpc) is 2.44. The zero-order valence-electron chi connectivity index (χ0n) is 11.6. The van der Waals surface area contributed by atoms with Gasteiger partial charge in [-0.05, 0) is 18.4 Å². The van der Waals surface area contributed by atoms with Gasteiger partial charge in [-0.3, -0.25) is 14.5 Å². The summed E-state index contributed by atoms with van der Waals surface area (Å²) < 4.78 is 4.63. The molecule has 1 saturated heterocycles. The molecule has 0 bridgehead atoms. The van der Waals surface area contributed by atoms with Crippen molar-refractivity contribution in [2.24, 2.45) is 5.73 Å². The highest BCUT2D eigenvalue weighted by Crippen LogP contribution is 2.06. The van der Waals surface area contributed by atoms with Gasteiger partial charge in [0.2, 0.25) is 5.91 Å². The summed E-state index contributed by atoms with van der Waals surface area (Å²) in [5, 5.41) is 0. The number of hydrogen-bond acceptors (Lipinski definition) is 6. The van der Waals surface area contributed by atoms with Gasteiger partial charge in [-0.25, -0.2) is 0 Å². The molecule has 2 N–H and O–H groups in total. The Morgan fingerprint density at radius 3 is 2.47 bits per heavy atom. The molecule has 1 rings (SSSR count). The van der Waals surface area contributed by atoms with Crippen LogP contribution in [0, 0.1) is 0 Å². The van der Waals surface area contributed by atoms with E-state index in [1.165, 1.54) is 7.11 Å². The van der Waals surface area contributed by atoms with Crippen LogP contribution in [0.2, 0.25) is 0 Å². The fraction of sp³-hybridized carbons (Fsp3) is 0.833. The summed E-state index contributed by atoms with van der Waals surface area (Å²) in [6, 6.07) is -0.403. The molecule has 1 fully saturated rings. The van der Waals surface area contributed by atoms with Crippen LogP contribution in [0.25, 0.3) is 0 Å². The lowest BCUT2D eigenvalue weighted by Gasteiger charge is -2.35. The summed E-state index contributed by atoms with van der Waals surface area (Å²) >= 11 is 1.69. The normalized spacial score (nSPS) is 18.2. The monoisotopic (exact) mass is 289 g/mol. The molecule has 1 heterocycles. The Hall–Kier alpha value is -0.790. The molecule has 110 valence electrons. The van der Waals surface area contributed by atoms with Crippen molar-refractivity contribution >= 4 is 23.6 Å². The van der Waals surface area contributed by atoms with Crippen LogP contribution < -0.4 is 5.73 Å². The molecule has 0 spiro atoms. The third-order valence-electron chi connectivity index (χ3n) is 3.21. The van der Waals surface area contributed by atoms with E-state index in [0.717, 1.165) is 5.75 Å². The Bertz CT molecular complexity index is 307. The van der Waals surface area contributed by atoms with E-state index in [9.17, 15) is 9.59 Å². The number of hydrogen-bond donors (Lipinski definition) is 1. The second-order valence-corrected chi connectivity index (χ2v) is 5.55. The summed E-state index contributed by atoms with van der Waals surface area (Å²) in [6.07, 6.45) is 2.71. The number of nitrogens with two attached hydrogens (primary N) is 1. The van der Waals surface area contributed by atoms with E-state index < -0.39 is 6.04 Å². The van der Waals surface area contributed by atoms with Crippen LogP contribution in [-0.4, -0.2) is 79.6 Å². The molecule has 0 aromatic carbocycles. The van der Waals surface area contributed by atoms with Crippen molar-refractivity contribution in [1.82, 2.24) is 9.80 Å². The zero-order chi connectivity index (χ0) is 14.3. The van der Waals surface area contributed by atoms with Crippen molar-refractivity contribution in [2.75, 3.05) is 51.8 Å². The van der Waals surface area contributed by atoms with Gasteiger partial charge in [-0.2, -0.15) is 11.8 Å². The molecule has 0 aromatic heterocycles. The van der Waals surface area contributed by atoms with Crippen LogP contribution in [0.1, 0.15) is 6.42 Å². The lowest BCUT2D eigenvalue weighted by Crippen LogP contribution is -2.54. The molecule has 1 amide bonds. The van der Waals surface area contributed by atoms with E-state index in [1.54, 1.807) is 16.7 Å². The Kier molecular flexibility index (Phi) is 7.19. The first-order valence-corrected chi connectivity index (χ1v) is 7.80. The van der Waals surface area contributed by atoms with Crippen LogP contribution >= 0.6 is 11.8 Å². The maximum absolute atomic E-state index is 12.1. The van der Waals surface area contributed by atoms with Gasteiger partial charge in [0, 0.05) is 26.2 Å². The molecule has 1 aliphatic rings. The number of ether oxygens (including phenoxy) is 1. The van der Waals surface area contributed by atoms with E-state index in [2.05, 4.69) is 4.74 Å². The van der Waals surface area contributed by atoms with Gasteiger partial charge < -0.3 is 15.4 Å². The van der Waals surface area contributed by atoms with Crippen LogP contribution in [0.15, 0.2) is 0 Å². The number of nitrogens with zero attached hydrogens (tertiary/aromatic N) is 2. The lowest BCUT2D eigenvalue weighted by atomic mass is 10.2. The zero-order valence-corrected chi connectivity index (χ0v) is 12.4. The van der Waals surface area contributed by atoms with Crippen LogP contribution in [0.4, 0.5) is 0 Å². The van der Waals surface area contributed by atoms with Crippen LogP contribution in [0.3, 0.4) is 0 Å². The van der Waals surface area contributed by atoms with Crippen molar-refractivity contribution in [2.45, 2.75) is 12.5 Å². The molecule has 0 radical (unpaired) electrons. The molecule has 19 heavy (non-hydrogen) atoms. The highest BCUT2D eigenvalue weighted by atomic mass is 32.2. The lowest BCUT2D eigenvalue weighted by molar-refractivity contribution is -0.142. The summed E-state index contributed by atoms with van der Waals surface area (Å²) in [7, 11) is 1.38. The largest absolute Gasteiger partial charge is 0.468 e. The predicted octanol–water partition coefficient (Wildman–Crippen LogP) is -0.616. The number of thioether (sulfide) groups is 1. The fourth-order valence-corrected chi connectivity index (χ4v) is 2.47. The summed E-state index contributed by atoms with van der Waals surface area (Å²) in [6.45, 7) is 2.93. The average molecular weight is 289 g/mol. The summed E-state index contributed by atoms with van der Waals surface area (Å²) in [5.41, 5.74) is 5.88. The molecule has 1 atom stereocenters. The van der Waals surface area contributed by atoms with Crippen molar-refractivity contribution in [3.8, 4) is 0 Å². The first kappa shape index (κ1) is 16.3. The van der Waals surface area contributed by atoms with Gasteiger partial charge in [-0.15, -0.1) is 0 Å². The molecular weight excluding hydrogens is 266 g/mol. The number of methoxy groups -OCH3 is 1. The molecule has 0 unspecified atom stereocenters. The number of piperazine rings is 1. The van der Waals surface area contributed by atoms with E-state index in [0.29, 0.717) is 32.6 Å². The highest BCUT2D eigenvalue weighted by Gasteiger charge is 2.25. The van der Waals surface area contributed by atoms with Crippen LogP contribution in [-0.2, 0) is 14.3 Å². The maximum Gasteiger partial charge on any atom is 0.319 e. The Morgan fingerprint density at radius 2 is 1.95 bits per heavy atom. The standard InChI is InChI=1S/C12H23N3O3S/c1-18-11(16)9-14-4-6-15(7-5-14)12(17)10(13)3-8-19-2/h10H,3-9,13H2,1-2H3/t10-/m1/s1. The Balaban J connectivity index is 2.32. The smallest absolute Gasteiger partial charge is 0.319 e. The first-order chi connectivity index (χ1) is 9.08. The van der Waals surface area contributed by atoms with Crippen molar-refractivity contribution in [1.29, 1.82) is 0 Å². The fourth-order valence-electron chi connectivity index (χ4n) is 1.98. The molecule has 0 aromatic rings. The van der Waals surface area contributed by atoms with E-state index in [4.69, 9.17) is 5.73 Å². The van der Waals surface area contributed by atoms with Crippen molar-refractivity contribution < 1.29 is 14.3 Å². The summed E-state index contributed by atoms with van der Waals surface area (Å²) in [5.74, 6) is 0.679. The molecule has 1 aliphatic heterocycles. The number of amides is 1. The topological polar surface area (TPSA) is 75.9 Å². The minimum atomic E-state index is -0.403. The maximum atomic E-state index is 12.1. The van der Waals surface area contributed by atoms with Gasteiger partial charge in [0.05, 0.1) is 19.7 Å². The third-order valence-corrected chi connectivity index (χ3v) is 3.86. The minimum absolute atomic E-state index is 0.0202. The van der Waals surface area contributed by atoms with E-state index in [-0.39, 0.29) is 18.4 Å². The van der Waals surface area contributed by atoms with Gasteiger partial charge in [0.15, 0.2) is 0 Å². The van der Waals surface area contributed by atoms with Crippen molar-refractivity contribution in [3.63, 3.8) is 0 Å². The molecular formula is C12H23N3O3S. The quantitative estimate of drug-likeness (QED) is 0.657. The Morgan fingerprint density at radius 1 is 1.32 bits per heavy atom. The molecule has 0 aliphatic carbocycles. The number of carbonyl (C=O) groups is 2. The second kappa shape index (κ2) is 8.39. The summed E-state index contributed by atoms with van der Waals surface area (Å²) in [4.78, 5) is 27.0. The van der Waals surface area contributed by atoms with Crippen LogP contribution in [0.5, 0.6) is 0 Å². The predicted molar refractivity (Wildman–Crippen MR) is 76.0 cm³/mol. The number of rotatable bonds is 6. The number of esters is 1. The van der Waals surface area contributed by atoms with Gasteiger partial charge >= 0.3 is 5.97 Å². The molecule has 0 saturated carbocycles.